The van der Waals surface area contributed by atoms with Crippen molar-refractivity contribution in [3.63, 3.8) is 0 Å². The molecule has 3 aliphatic heterocycles. The summed E-state index contributed by atoms with van der Waals surface area (Å²) in [5.41, 5.74) is 2.19. The Bertz CT molecular complexity index is 1410. The lowest BCUT2D eigenvalue weighted by atomic mass is 9.83. The Kier molecular flexibility index (Phi) is 4.89. The number of rotatable bonds is 4. The fourth-order valence-corrected chi connectivity index (χ4v) is 5.08. The summed E-state index contributed by atoms with van der Waals surface area (Å²) in [6.07, 6.45) is 1.84. The molecule has 1 fully saturated rings. The van der Waals surface area contributed by atoms with Gasteiger partial charge in [0.25, 0.3) is 0 Å². The van der Waals surface area contributed by atoms with Gasteiger partial charge in [0.05, 0.1) is 26.0 Å². The predicted molar refractivity (Wildman–Crippen MR) is 133 cm³/mol. The van der Waals surface area contributed by atoms with Crippen molar-refractivity contribution < 1.29 is 23.7 Å². The molecule has 0 aliphatic carbocycles. The monoisotopic (exact) mass is 489 g/mol. The number of anilines is 1. The van der Waals surface area contributed by atoms with E-state index in [4.69, 9.17) is 29.0 Å². The van der Waals surface area contributed by atoms with Crippen LogP contribution in [0, 0.1) is 0 Å². The third-order valence-corrected chi connectivity index (χ3v) is 6.67. The van der Waals surface area contributed by atoms with Gasteiger partial charge in [-0.1, -0.05) is 6.07 Å². The summed E-state index contributed by atoms with van der Waals surface area (Å²) in [4.78, 5) is 20.0. The average Bonchev–Trinajstić information content (AvgIpc) is 3.57. The lowest BCUT2D eigenvalue weighted by Crippen LogP contribution is -2.42. The van der Waals surface area contributed by atoms with Gasteiger partial charge in [-0.25, -0.2) is 14.5 Å². The number of urea groups is 1. The van der Waals surface area contributed by atoms with Gasteiger partial charge in [-0.15, -0.1) is 0 Å². The molecule has 4 heterocycles. The molecule has 0 unspecified atom stereocenters. The zero-order valence-electron chi connectivity index (χ0n) is 20.7. The van der Waals surface area contributed by atoms with Gasteiger partial charge >= 0.3 is 6.03 Å². The third-order valence-electron chi connectivity index (χ3n) is 6.67. The van der Waals surface area contributed by atoms with E-state index in [-0.39, 0.29) is 24.3 Å². The fraction of sp³-hybridized carbons (Fsp3) is 0.346. The molecule has 2 amide bonds. The van der Waals surface area contributed by atoms with Crippen LogP contribution in [0.2, 0.25) is 0 Å². The van der Waals surface area contributed by atoms with E-state index in [9.17, 15) is 4.79 Å². The number of benzene rings is 2. The number of amidine groups is 1. The van der Waals surface area contributed by atoms with Crippen LogP contribution in [0.15, 0.2) is 47.6 Å². The first-order valence-corrected chi connectivity index (χ1v) is 11.7. The van der Waals surface area contributed by atoms with Crippen LogP contribution in [0.25, 0.3) is 0 Å². The van der Waals surface area contributed by atoms with Gasteiger partial charge < -0.3 is 18.9 Å². The fourth-order valence-electron chi connectivity index (χ4n) is 5.08. The number of amides is 2. The Morgan fingerprint density at radius 2 is 1.94 bits per heavy atom. The van der Waals surface area contributed by atoms with Crippen molar-refractivity contribution in [1.82, 2.24) is 15.1 Å². The van der Waals surface area contributed by atoms with Gasteiger partial charge in [0.1, 0.15) is 17.6 Å². The van der Waals surface area contributed by atoms with Crippen molar-refractivity contribution in [2.75, 3.05) is 25.9 Å². The molecule has 1 saturated heterocycles. The van der Waals surface area contributed by atoms with Gasteiger partial charge in [0, 0.05) is 23.2 Å². The highest BCUT2D eigenvalue weighted by atomic mass is 16.7. The van der Waals surface area contributed by atoms with E-state index in [0.717, 1.165) is 11.1 Å². The Balaban J connectivity index is 1.57. The van der Waals surface area contributed by atoms with E-state index in [1.807, 2.05) is 47.3 Å². The normalized spacial score (nSPS) is 20.0. The van der Waals surface area contributed by atoms with Crippen LogP contribution in [0.1, 0.15) is 37.8 Å². The maximum Gasteiger partial charge on any atom is 0.328 e. The van der Waals surface area contributed by atoms with Gasteiger partial charge in [0.2, 0.25) is 12.5 Å². The van der Waals surface area contributed by atoms with Crippen LogP contribution in [0.4, 0.5) is 16.3 Å². The van der Waals surface area contributed by atoms with Crippen molar-refractivity contribution >= 4 is 23.4 Å². The molecule has 10 nitrogen and oxygen atoms in total. The minimum absolute atomic E-state index is 0.124. The van der Waals surface area contributed by atoms with Crippen molar-refractivity contribution in [3.8, 4) is 23.0 Å². The van der Waals surface area contributed by atoms with Crippen LogP contribution >= 0.6 is 0 Å². The molecule has 0 radical (unpaired) electrons. The van der Waals surface area contributed by atoms with Crippen molar-refractivity contribution in [1.29, 1.82) is 0 Å². The standard InChI is InChI=1S/C26H27N5O5/c1-26(2,3)31-24-17(12-27-31)20(14-9-18(34-5)22-19(10-14)35-13-36-22)21-23(28-24)29-25(32)30(21)15-7-6-8-16(11-15)33-4/h6-12,20-21H,13H2,1-5H3,(H,28,29,32)/t20-,21-/m1/s1. The molecule has 2 aromatic carbocycles. The molecule has 10 heteroatoms. The second kappa shape index (κ2) is 7.91. The molecule has 186 valence electrons. The summed E-state index contributed by atoms with van der Waals surface area (Å²) in [7, 11) is 3.20. The number of methoxy groups -OCH3 is 2. The molecular weight excluding hydrogens is 462 g/mol. The molecule has 3 aromatic rings. The molecule has 1 N–H and O–H groups in total. The SMILES string of the molecule is COc1cccc(N2C(=O)NC3=Nc4c(cnn4C(C)(C)C)[C@@H](c4cc(OC)c5c(c4)OCO5)[C@H]32)c1. The van der Waals surface area contributed by atoms with Crippen LogP contribution in [0.3, 0.4) is 0 Å². The predicted octanol–water partition coefficient (Wildman–Crippen LogP) is 4.16. The highest BCUT2D eigenvalue weighted by Crippen LogP contribution is 2.49. The third kappa shape index (κ3) is 3.28. The van der Waals surface area contributed by atoms with Crippen molar-refractivity contribution in [3.05, 3.63) is 53.7 Å². The molecule has 36 heavy (non-hydrogen) atoms. The Morgan fingerprint density at radius 1 is 1.11 bits per heavy atom. The summed E-state index contributed by atoms with van der Waals surface area (Å²) in [5.74, 6) is 3.36. The molecule has 0 spiro atoms. The number of aliphatic imine (C=N–C) groups is 1. The number of nitrogens with zero attached hydrogens (tertiary/aromatic N) is 4. The molecular formula is C26H27N5O5. The van der Waals surface area contributed by atoms with Crippen LogP contribution in [-0.4, -0.2) is 48.7 Å². The number of fused-ring (bicyclic) bond motifs is 3. The zero-order chi connectivity index (χ0) is 25.2. The molecule has 0 saturated carbocycles. The molecule has 3 aliphatic rings. The molecule has 1 aromatic heterocycles. The lowest BCUT2D eigenvalue weighted by molar-refractivity contribution is 0.171. The summed E-state index contributed by atoms with van der Waals surface area (Å²) in [6.45, 7) is 6.34. The summed E-state index contributed by atoms with van der Waals surface area (Å²) >= 11 is 0. The highest BCUT2D eigenvalue weighted by Gasteiger charge is 2.49. The lowest BCUT2D eigenvalue weighted by Gasteiger charge is -2.34. The Labute approximate surface area is 208 Å². The Hall–Kier alpha value is -4.21. The summed E-state index contributed by atoms with van der Waals surface area (Å²) in [6, 6.07) is 10.6. The number of carbonyl (C=O) groups is 1. The number of hydrogen-bond donors (Lipinski definition) is 1. The highest BCUT2D eigenvalue weighted by molar-refractivity contribution is 6.18. The van der Waals surface area contributed by atoms with E-state index in [1.54, 1.807) is 19.1 Å². The minimum Gasteiger partial charge on any atom is -0.497 e. The quantitative estimate of drug-likeness (QED) is 0.591. The van der Waals surface area contributed by atoms with E-state index < -0.39 is 6.04 Å². The maximum atomic E-state index is 13.4. The second-order valence-corrected chi connectivity index (χ2v) is 9.88. The van der Waals surface area contributed by atoms with Crippen molar-refractivity contribution in [2.24, 2.45) is 4.99 Å². The van der Waals surface area contributed by atoms with E-state index in [0.29, 0.717) is 40.3 Å². The molecule has 0 bridgehead atoms. The second-order valence-electron chi connectivity index (χ2n) is 9.88. The van der Waals surface area contributed by atoms with Gasteiger partial charge in [-0.2, -0.15) is 5.10 Å². The molecule has 2 atom stereocenters. The van der Waals surface area contributed by atoms with Crippen LogP contribution in [-0.2, 0) is 5.54 Å². The number of aromatic nitrogens is 2. The minimum atomic E-state index is -0.445. The van der Waals surface area contributed by atoms with E-state index in [1.165, 1.54) is 0 Å². The Morgan fingerprint density at radius 3 is 2.69 bits per heavy atom. The van der Waals surface area contributed by atoms with Crippen molar-refractivity contribution in [2.45, 2.75) is 38.3 Å². The number of hydrogen-bond acceptors (Lipinski definition) is 7. The topological polar surface area (TPSA) is 99.4 Å². The first-order chi connectivity index (χ1) is 17.3. The first-order valence-electron chi connectivity index (χ1n) is 11.7. The zero-order valence-corrected chi connectivity index (χ0v) is 20.7. The van der Waals surface area contributed by atoms with Crippen LogP contribution in [0.5, 0.6) is 23.0 Å². The molecule has 6 rings (SSSR count). The maximum absolute atomic E-state index is 13.4. The first kappa shape index (κ1) is 22.3. The van der Waals surface area contributed by atoms with E-state index >= 15 is 0 Å². The number of carbonyl (C=O) groups excluding carboxylic acids is 1. The van der Waals surface area contributed by atoms with Gasteiger partial charge in [0.15, 0.2) is 17.3 Å². The average molecular weight is 490 g/mol. The van der Waals surface area contributed by atoms with E-state index in [2.05, 4.69) is 26.1 Å². The van der Waals surface area contributed by atoms with Gasteiger partial charge in [-0.3, -0.25) is 10.2 Å². The number of ether oxygens (including phenoxy) is 4. The summed E-state index contributed by atoms with van der Waals surface area (Å²) in [5, 5.41) is 7.70. The largest absolute Gasteiger partial charge is 0.497 e. The smallest absolute Gasteiger partial charge is 0.328 e. The summed E-state index contributed by atoms with van der Waals surface area (Å²) < 4.78 is 24.3. The van der Waals surface area contributed by atoms with Crippen LogP contribution < -0.4 is 29.2 Å². The van der Waals surface area contributed by atoms with Gasteiger partial charge in [-0.05, 0) is 50.6 Å². The number of nitrogens with one attached hydrogen (secondary N) is 1.